The number of halogens is 2. The largest absolute Gasteiger partial charge is 0.495 e. The lowest BCUT2D eigenvalue weighted by Crippen LogP contribution is -2.14. The van der Waals surface area contributed by atoms with Crippen LogP contribution in [0, 0.1) is 5.82 Å². The Balaban J connectivity index is 1.64. The molecular weight excluding hydrogens is 381 g/mol. The Bertz CT molecular complexity index is 937. The first kappa shape index (κ1) is 18.2. The van der Waals surface area contributed by atoms with E-state index in [9.17, 15) is 9.18 Å². The number of carbonyl (C=O) groups excluding carboxylic acids is 1. The van der Waals surface area contributed by atoms with Gasteiger partial charge >= 0.3 is 0 Å². The quantitative estimate of drug-likeness (QED) is 0.648. The predicted octanol–water partition coefficient (Wildman–Crippen LogP) is 3.19. The molecular formula is C16H13ClFN5O2S. The molecule has 1 heterocycles. The zero-order valence-corrected chi connectivity index (χ0v) is 15.1. The molecule has 0 saturated carbocycles. The van der Waals surface area contributed by atoms with Crippen LogP contribution in [0.1, 0.15) is 0 Å². The van der Waals surface area contributed by atoms with Crippen molar-refractivity contribution in [3.8, 4) is 11.4 Å². The fourth-order valence-corrected chi connectivity index (χ4v) is 3.06. The van der Waals surface area contributed by atoms with Gasteiger partial charge in [0, 0.05) is 5.69 Å². The van der Waals surface area contributed by atoms with Gasteiger partial charge in [0.05, 0.1) is 23.6 Å². The summed E-state index contributed by atoms with van der Waals surface area (Å²) in [7, 11) is 1.51. The topological polar surface area (TPSA) is 81.9 Å². The van der Waals surface area contributed by atoms with Crippen molar-refractivity contribution in [2.75, 3.05) is 18.2 Å². The minimum absolute atomic E-state index is 0.0688. The van der Waals surface area contributed by atoms with Crippen LogP contribution in [0.2, 0.25) is 5.02 Å². The number of hydrogen-bond donors (Lipinski definition) is 1. The summed E-state index contributed by atoms with van der Waals surface area (Å²) >= 11 is 7.16. The minimum Gasteiger partial charge on any atom is -0.495 e. The molecule has 3 rings (SSSR count). The molecule has 10 heteroatoms. The van der Waals surface area contributed by atoms with Crippen molar-refractivity contribution in [2.24, 2.45) is 0 Å². The Morgan fingerprint density at radius 2 is 2.19 bits per heavy atom. The van der Waals surface area contributed by atoms with Crippen LogP contribution >= 0.6 is 23.4 Å². The molecule has 0 aliphatic heterocycles. The van der Waals surface area contributed by atoms with Crippen LogP contribution in [0.25, 0.3) is 5.69 Å². The Morgan fingerprint density at radius 3 is 2.92 bits per heavy atom. The average Bonchev–Trinajstić information content (AvgIpc) is 3.09. The molecule has 0 atom stereocenters. The Morgan fingerprint density at radius 1 is 1.35 bits per heavy atom. The molecule has 1 amide bonds. The molecule has 1 N–H and O–H groups in total. The smallest absolute Gasteiger partial charge is 0.234 e. The Hall–Kier alpha value is -2.65. The van der Waals surface area contributed by atoms with E-state index in [4.69, 9.17) is 16.3 Å². The van der Waals surface area contributed by atoms with Crippen molar-refractivity contribution in [1.29, 1.82) is 0 Å². The first-order chi connectivity index (χ1) is 12.6. The number of aromatic nitrogens is 4. The van der Waals surface area contributed by atoms with Gasteiger partial charge in [-0.05, 0) is 46.8 Å². The lowest BCUT2D eigenvalue weighted by Gasteiger charge is -2.08. The molecule has 0 fully saturated rings. The maximum atomic E-state index is 13.4. The molecule has 0 spiro atoms. The maximum Gasteiger partial charge on any atom is 0.234 e. The number of nitrogens with zero attached hydrogens (tertiary/aromatic N) is 4. The molecule has 1 aromatic heterocycles. The molecule has 3 aromatic rings. The van der Waals surface area contributed by atoms with Crippen molar-refractivity contribution in [1.82, 2.24) is 20.2 Å². The monoisotopic (exact) mass is 393 g/mol. The summed E-state index contributed by atoms with van der Waals surface area (Å²) in [5.74, 6) is -0.0688. The van der Waals surface area contributed by atoms with Gasteiger partial charge in [-0.25, -0.2) is 4.39 Å². The first-order valence-electron chi connectivity index (χ1n) is 7.37. The number of hydrogen-bond acceptors (Lipinski definition) is 6. The second-order valence-electron chi connectivity index (χ2n) is 5.04. The molecule has 0 unspecified atom stereocenters. The van der Waals surface area contributed by atoms with Gasteiger partial charge in [-0.15, -0.1) is 5.10 Å². The van der Waals surface area contributed by atoms with Gasteiger partial charge in [0.15, 0.2) is 0 Å². The van der Waals surface area contributed by atoms with E-state index in [2.05, 4.69) is 20.8 Å². The summed E-state index contributed by atoms with van der Waals surface area (Å²) in [5, 5.41) is 14.8. The van der Waals surface area contributed by atoms with E-state index in [1.807, 2.05) is 0 Å². The van der Waals surface area contributed by atoms with E-state index in [0.29, 0.717) is 27.3 Å². The van der Waals surface area contributed by atoms with Gasteiger partial charge < -0.3 is 10.1 Å². The van der Waals surface area contributed by atoms with E-state index >= 15 is 0 Å². The number of amides is 1. The van der Waals surface area contributed by atoms with Crippen LogP contribution in [0.4, 0.5) is 10.1 Å². The summed E-state index contributed by atoms with van der Waals surface area (Å²) in [6, 6.07) is 10.8. The van der Waals surface area contributed by atoms with Crippen LogP contribution in [0.3, 0.4) is 0 Å². The summed E-state index contributed by atoms with van der Waals surface area (Å²) in [5.41, 5.74) is 1.02. The first-order valence-corrected chi connectivity index (χ1v) is 8.73. The molecule has 0 aliphatic rings. The standard InChI is InChI=1S/C16H13ClFN5O2S/c1-25-14-6-5-11(8-13(14)17)19-15(24)9-26-16-20-21-22-23(16)12-4-2-3-10(18)7-12/h2-8H,9H2,1H3,(H,19,24). The Labute approximate surface area is 157 Å². The number of rotatable bonds is 6. The minimum atomic E-state index is -0.400. The Kier molecular flexibility index (Phi) is 5.69. The number of anilines is 1. The highest BCUT2D eigenvalue weighted by Gasteiger charge is 2.12. The number of nitrogens with one attached hydrogen (secondary N) is 1. The molecule has 0 radical (unpaired) electrons. The SMILES string of the molecule is COc1ccc(NC(=O)CSc2nnnn2-c2cccc(F)c2)cc1Cl. The van der Waals surface area contributed by atoms with E-state index in [-0.39, 0.29) is 11.7 Å². The fourth-order valence-electron chi connectivity index (χ4n) is 2.11. The normalized spacial score (nSPS) is 10.6. The van der Waals surface area contributed by atoms with E-state index < -0.39 is 5.82 Å². The highest BCUT2D eigenvalue weighted by molar-refractivity contribution is 7.99. The van der Waals surface area contributed by atoms with Gasteiger partial charge in [0.25, 0.3) is 0 Å². The van der Waals surface area contributed by atoms with Gasteiger partial charge in [0.2, 0.25) is 11.1 Å². The van der Waals surface area contributed by atoms with Gasteiger partial charge in [-0.1, -0.05) is 29.4 Å². The molecule has 2 aromatic carbocycles. The number of methoxy groups -OCH3 is 1. The molecule has 0 bridgehead atoms. The van der Waals surface area contributed by atoms with Crippen molar-refractivity contribution in [3.63, 3.8) is 0 Å². The third kappa shape index (κ3) is 4.30. The fraction of sp³-hybridized carbons (Fsp3) is 0.125. The van der Waals surface area contributed by atoms with Gasteiger partial charge in [-0.2, -0.15) is 4.68 Å². The van der Waals surface area contributed by atoms with Gasteiger partial charge in [0.1, 0.15) is 11.6 Å². The molecule has 7 nitrogen and oxygen atoms in total. The van der Waals surface area contributed by atoms with Crippen molar-refractivity contribution >= 4 is 35.0 Å². The third-order valence-corrected chi connectivity index (χ3v) is 4.48. The number of thioether (sulfide) groups is 1. The predicted molar refractivity (Wildman–Crippen MR) is 96.5 cm³/mol. The van der Waals surface area contributed by atoms with Crippen LogP contribution in [0.5, 0.6) is 5.75 Å². The van der Waals surface area contributed by atoms with Crippen molar-refractivity contribution in [3.05, 3.63) is 53.3 Å². The lowest BCUT2D eigenvalue weighted by molar-refractivity contribution is -0.113. The van der Waals surface area contributed by atoms with Crippen LogP contribution in [0.15, 0.2) is 47.6 Å². The molecule has 0 aliphatic carbocycles. The van der Waals surface area contributed by atoms with E-state index in [1.54, 1.807) is 30.3 Å². The number of carbonyl (C=O) groups is 1. The molecule has 26 heavy (non-hydrogen) atoms. The zero-order valence-electron chi connectivity index (χ0n) is 13.5. The number of ether oxygens (including phenoxy) is 1. The van der Waals surface area contributed by atoms with Crippen LogP contribution in [-0.4, -0.2) is 39.0 Å². The highest BCUT2D eigenvalue weighted by Crippen LogP contribution is 2.27. The lowest BCUT2D eigenvalue weighted by atomic mass is 10.3. The van der Waals surface area contributed by atoms with E-state index in [0.717, 1.165) is 11.8 Å². The second kappa shape index (κ2) is 8.15. The number of tetrazole rings is 1. The number of benzene rings is 2. The molecule has 0 saturated heterocycles. The molecule has 134 valence electrons. The van der Waals surface area contributed by atoms with Crippen LogP contribution < -0.4 is 10.1 Å². The van der Waals surface area contributed by atoms with Crippen molar-refractivity contribution < 1.29 is 13.9 Å². The summed E-state index contributed by atoms with van der Waals surface area (Å²) < 4.78 is 19.8. The van der Waals surface area contributed by atoms with Crippen LogP contribution in [-0.2, 0) is 4.79 Å². The maximum absolute atomic E-state index is 13.4. The zero-order chi connectivity index (χ0) is 18.5. The van der Waals surface area contributed by atoms with Crippen molar-refractivity contribution in [2.45, 2.75) is 5.16 Å². The van der Waals surface area contributed by atoms with Gasteiger partial charge in [-0.3, -0.25) is 4.79 Å². The third-order valence-electron chi connectivity index (χ3n) is 3.26. The highest BCUT2D eigenvalue weighted by atomic mass is 35.5. The average molecular weight is 394 g/mol. The second-order valence-corrected chi connectivity index (χ2v) is 6.39. The summed E-state index contributed by atoms with van der Waals surface area (Å²) in [4.78, 5) is 12.1. The summed E-state index contributed by atoms with van der Waals surface area (Å²) in [6.45, 7) is 0. The summed E-state index contributed by atoms with van der Waals surface area (Å²) in [6.07, 6.45) is 0. The van der Waals surface area contributed by atoms with E-state index in [1.165, 1.54) is 23.9 Å².